The first kappa shape index (κ1) is 29.4. The molecule has 1 atom stereocenters. The number of primary amides is 1. The zero-order valence-electron chi connectivity index (χ0n) is 24.5. The Morgan fingerprint density at radius 1 is 0.667 bits per heavy atom. The first-order valence-electron chi connectivity index (χ1n) is 14.7. The molecule has 2 amide bonds. The molecule has 1 aliphatic rings. The summed E-state index contributed by atoms with van der Waals surface area (Å²) >= 11 is 0. The van der Waals surface area contributed by atoms with Crippen LogP contribution in [0.5, 0.6) is 0 Å². The van der Waals surface area contributed by atoms with E-state index >= 15 is 0 Å². The Morgan fingerprint density at radius 3 is 1.47 bits per heavy atom. The molecule has 0 aliphatic heterocycles. The van der Waals surface area contributed by atoms with Crippen molar-refractivity contribution in [2.45, 2.75) is 23.9 Å². The van der Waals surface area contributed by atoms with Gasteiger partial charge in [0.2, 0.25) is 5.91 Å². The molecule has 3 N–H and O–H groups in total. The van der Waals surface area contributed by atoms with Crippen molar-refractivity contribution in [3.63, 3.8) is 0 Å². The van der Waals surface area contributed by atoms with Gasteiger partial charge < -0.3 is 15.6 Å². The van der Waals surface area contributed by atoms with Gasteiger partial charge in [-0.05, 0) is 38.9 Å². The average Bonchev–Trinajstić information content (AvgIpc) is 3.40. The third-order valence-corrected chi connectivity index (χ3v) is 8.46. The summed E-state index contributed by atoms with van der Waals surface area (Å²) in [5.74, 6) is -2.50. The number of nitrogens with two attached hydrogens (primary N) is 1. The van der Waals surface area contributed by atoms with E-state index in [-0.39, 0.29) is 12.5 Å². The summed E-state index contributed by atoms with van der Waals surface area (Å²) in [6, 6.07) is 41.9. The minimum atomic E-state index is -1.65. The van der Waals surface area contributed by atoms with Gasteiger partial charge in [0, 0.05) is 5.92 Å². The number of aliphatic carboxylic acids is 1. The van der Waals surface area contributed by atoms with E-state index in [1.54, 1.807) is 0 Å². The van der Waals surface area contributed by atoms with Crippen LogP contribution in [0.4, 0.5) is 4.79 Å². The third kappa shape index (κ3) is 5.33. The number of fused-ring (bicyclic) bond motifs is 3. The second-order valence-electron chi connectivity index (χ2n) is 11.0. The van der Waals surface area contributed by atoms with E-state index in [1.807, 2.05) is 140 Å². The second-order valence-corrected chi connectivity index (χ2v) is 11.0. The van der Waals surface area contributed by atoms with E-state index in [9.17, 15) is 19.5 Å². The van der Waals surface area contributed by atoms with Gasteiger partial charge in [-0.25, -0.2) is 9.59 Å². The molecule has 0 heterocycles. The van der Waals surface area contributed by atoms with Crippen molar-refractivity contribution in [3.05, 3.63) is 167 Å². The largest absolute Gasteiger partial charge is 0.480 e. The number of carboxylic acids is 1. The van der Waals surface area contributed by atoms with E-state index in [4.69, 9.17) is 10.5 Å². The molecule has 1 unspecified atom stereocenters. The van der Waals surface area contributed by atoms with Crippen molar-refractivity contribution < 1.29 is 24.2 Å². The lowest BCUT2D eigenvalue weighted by atomic mass is 9.74. The number of rotatable bonds is 10. The summed E-state index contributed by atoms with van der Waals surface area (Å²) < 4.78 is 6.16. The number of ether oxygens (including phenoxy) is 1. The van der Waals surface area contributed by atoms with E-state index < -0.39 is 36.0 Å². The van der Waals surface area contributed by atoms with Gasteiger partial charge >= 0.3 is 12.1 Å². The maximum Gasteiger partial charge on any atom is 0.411 e. The molecule has 0 saturated heterocycles. The van der Waals surface area contributed by atoms with Crippen LogP contribution in [-0.2, 0) is 19.9 Å². The Balaban J connectivity index is 1.54. The van der Waals surface area contributed by atoms with Crippen molar-refractivity contribution >= 4 is 18.0 Å². The number of amides is 2. The van der Waals surface area contributed by atoms with Crippen LogP contribution in [0.25, 0.3) is 11.1 Å². The maximum atomic E-state index is 14.7. The van der Waals surface area contributed by atoms with Crippen LogP contribution in [0.15, 0.2) is 140 Å². The predicted octanol–water partition coefficient (Wildman–Crippen LogP) is 6.56. The summed E-state index contributed by atoms with van der Waals surface area (Å²) in [6.45, 7) is -0.0410. The molecule has 1 aliphatic carbocycles. The van der Waals surface area contributed by atoms with E-state index in [0.29, 0.717) is 16.7 Å². The van der Waals surface area contributed by atoms with Gasteiger partial charge in [0.15, 0.2) is 0 Å². The highest BCUT2D eigenvalue weighted by Crippen LogP contribution is 2.47. The number of benzene rings is 5. The molecule has 0 saturated carbocycles. The minimum Gasteiger partial charge on any atom is -0.480 e. The Labute approximate surface area is 261 Å². The van der Waals surface area contributed by atoms with E-state index in [0.717, 1.165) is 22.3 Å². The Hall–Kier alpha value is -5.69. The van der Waals surface area contributed by atoms with Gasteiger partial charge in [-0.2, -0.15) is 0 Å². The highest BCUT2D eigenvalue weighted by atomic mass is 16.6. The van der Waals surface area contributed by atoms with Crippen molar-refractivity contribution in [2.75, 3.05) is 6.61 Å². The fraction of sp³-hybridized carbons (Fsp3) is 0.132. The lowest BCUT2D eigenvalue weighted by Crippen LogP contribution is -2.59. The minimum absolute atomic E-state index is 0.0410. The smallest absolute Gasteiger partial charge is 0.411 e. The Bertz CT molecular complexity index is 1680. The Kier molecular flexibility index (Phi) is 8.16. The van der Waals surface area contributed by atoms with Crippen LogP contribution in [0.1, 0.15) is 40.2 Å². The van der Waals surface area contributed by atoms with Gasteiger partial charge in [0.1, 0.15) is 18.2 Å². The highest BCUT2D eigenvalue weighted by Gasteiger charge is 2.51. The highest BCUT2D eigenvalue weighted by molar-refractivity contribution is 5.88. The number of hydrogen-bond donors (Lipinski definition) is 2. The molecule has 0 fully saturated rings. The van der Waals surface area contributed by atoms with E-state index in [1.165, 1.54) is 4.90 Å². The van der Waals surface area contributed by atoms with Gasteiger partial charge in [-0.3, -0.25) is 9.69 Å². The summed E-state index contributed by atoms with van der Waals surface area (Å²) in [4.78, 5) is 41.3. The first-order valence-corrected chi connectivity index (χ1v) is 14.7. The summed E-state index contributed by atoms with van der Waals surface area (Å²) in [5.41, 5.74) is 10.1. The quantitative estimate of drug-likeness (QED) is 0.178. The molecular formula is C38H32N2O5. The number of nitrogens with zero attached hydrogens (tertiary/aromatic N) is 1. The normalized spacial score (nSPS) is 12.9. The van der Waals surface area contributed by atoms with Crippen LogP contribution >= 0.6 is 0 Å². The number of hydrogen-bond acceptors (Lipinski definition) is 4. The van der Waals surface area contributed by atoms with Gasteiger partial charge in [-0.1, -0.05) is 140 Å². The van der Waals surface area contributed by atoms with Gasteiger partial charge in [0.05, 0.1) is 6.42 Å². The van der Waals surface area contributed by atoms with Crippen LogP contribution in [-0.4, -0.2) is 40.6 Å². The van der Waals surface area contributed by atoms with Crippen molar-refractivity contribution in [2.24, 2.45) is 5.73 Å². The monoisotopic (exact) mass is 596 g/mol. The van der Waals surface area contributed by atoms with Crippen molar-refractivity contribution in [1.29, 1.82) is 0 Å². The molecule has 0 radical (unpaired) electrons. The molecule has 6 rings (SSSR count). The summed E-state index contributed by atoms with van der Waals surface area (Å²) in [7, 11) is 0. The van der Waals surface area contributed by atoms with Crippen LogP contribution in [0.3, 0.4) is 0 Å². The molecular weight excluding hydrogens is 564 g/mol. The van der Waals surface area contributed by atoms with E-state index in [2.05, 4.69) is 0 Å². The molecule has 224 valence electrons. The van der Waals surface area contributed by atoms with Crippen molar-refractivity contribution in [3.8, 4) is 11.1 Å². The lowest BCUT2D eigenvalue weighted by molar-refractivity contribution is -0.146. The first-order chi connectivity index (χ1) is 21.9. The molecule has 7 nitrogen and oxygen atoms in total. The standard InChI is InChI=1S/C38H32N2O5/c39-35(41)24-34(36(42)43)40(37(44)45-25-33-31-22-12-10-20-29(31)30-21-11-13-23-32(30)33)38(26-14-4-1-5-15-26,27-16-6-2-7-17-27)28-18-8-3-9-19-28/h1-23,33-34H,24-25H2,(H2,39,41)(H,42,43). The SMILES string of the molecule is NC(=O)CC(C(=O)O)N(C(=O)OCC1c2ccccc2-c2ccccc21)C(c1ccccc1)(c1ccccc1)c1ccccc1. The predicted molar refractivity (Wildman–Crippen MR) is 171 cm³/mol. The number of carboxylic acid groups (broad SMARTS) is 1. The Morgan fingerprint density at radius 2 is 1.07 bits per heavy atom. The van der Waals surface area contributed by atoms with Crippen LogP contribution in [0, 0.1) is 0 Å². The number of carbonyl (C=O) groups is 3. The maximum absolute atomic E-state index is 14.7. The zero-order valence-corrected chi connectivity index (χ0v) is 24.5. The topological polar surface area (TPSA) is 110 Å². The fourth-order valence-electron chi connectivity index (χ4n) is 6.60. The molecule has 45 heavy (non-hydrogen) atoms. The zero-order chi connectivity index (χ0) is 31.4. The molecule has 0 aromatic heterocycles. The van der Waals surface area contributed by atoms with Crippen LogP contribution in [0.2, 0.25) is 0 Å². The lowest BCUT2D eigenvalue weighted by Gasteiger charge is -2.47. The molecule has 5 aromatic carbocycles. The molecule has 0 bridgehead atoms. The van der Waals surface area contributed by atoms with Gasteiger partial charge in [0.25, 0.3) is 0 Å². The second kappa shape index (κ2) is 12.5. The summed E-state index contributed by atoms with van der Waals surface area (Å²) in [5, 5.41) is 10.6. The fourth-order valence-corrected chi connectivity index (χ4v) is 6.60. The molecule has 5 aromatic rings. The third-order valence-electron chi connectivity index (χ3n) is 8.46. The average molecular weight is 597 g/mol. The van der Waals surface area contributed by atoms with Crippen molar-refractivity contribution in [1.82, 2.24) is 4.90 Å². The summed E-state index contributed by atoms with van der Waals surface area (Å²) in [6.07, 6.45) is -1.50. The van der Waals surface area contributed by atoms with Crippen LogP contribution < -0.4 is 5.73 Å². The number of carbonyl (C=O) groups excluding carboxylic acids is 2. The molecule has 0 spiro atoms. The van der Waals surface area contributed by atoms with Gasteiger partial charge in [-0.15, -0.1) is 0 Å². The molecule has 7 heteroatoms.